The standard InChI is InChI=1S/C24H25N3O5/c28-23-18(9-17-10-21-22(32-15-31-21)11-20(17)26-23)13-27(14-19-7-4-8-30-19)24(29)25-12-16-5-2-1-3-6-16/h1-3,5-6,9-11,19H,4,7-8,12-15H2,(H,25,29)(H,26,28)/t19-/m1/s1. The molecule has 3 aromatic rings. The second-order valence-electron chi connectivity index (χ2n) is 8.08. The number of hydrogen-bond donors (Lipinski definition) is 2. The number of fused-ring (bicyclic) bond motifs is 2. The lowest BCUT2D eigenvalue weighted by Crippen LogP contribution is -2.43. The van der Waals surface area contributed by atoms with Gasteiger partial charge in [-0.05, 0) is 30.5 Å². The van der Waals surface area contributed by atoms with Crippen molar-refractivity contribution in [2.75, 3.05) is 19.9 Å². The molecule has 166 valence electrons. The molecule has 0 bridgehead atoms. The molecular formula is C24H25N3O5. The number of hydrogen-bond acceptors (Lipinski definition) is 5. The van der Waals surface area contributed by atoms with E-state index in [1.807, 2.05) is 42.5 Å². The van der Waals surface area contributed by atoms with Gasteiger partial charge in [0.25, 0.3) is 5.56 Å². The Morgan fingerprint density at radius 2 is 1.94 bits per heavy atom. The molecule has 32 heavy (non-hydrogen) atoms. The summed E-state index contributed by atoms with van der Waals surface area (Å²) in [6.45, 7) is 1.89. The van der Waals surface area contributed by atoms with Crippen molar-refractivity contribution >= 4 is 16.9 Å². The monoisotopic (exact) mass is 435 g/mol. The maximum atomic E-state index is 13.0. The molecule has 1 atom stereocenters. The third kappa shape index (κ3) is 4.40. The minimum absolute atomic E-state index is 0.0224. The van der Waals surface area contributed by atoms with Crippen LogP contribution >= 0.6 is 0 Å². The number of ether oxygens (including phenoxy) is 3. The van der Waals surface area contributed by atoms with Crippen molar-refractivity contribution < 1.29 is 19.0 Å². The van der Waals surface area contributed by atoms with Gasteiger partial charge < -0.3 is 29.4 Å². The van der Waals surface area contributed by atoms with Crippen LogP contribution in [-0.4, -0.2) is 42.0 Å². The number of aromatic nitrogens is 1. The SMILES string of the molecule is O=C(NCc1ccccc1)N(Cc1cc2cc3c(cc2[nH]c1=O)OCO3)C[C@H]1CCCO1. The van der Waals surface area contributed by atoms with E-state index in [4.69, 9.17) is 14.2 Å². The normalized spacial score (nSPS) is 16.9. The fourth-order valence-corrected chi connectivity index (χ4v) is 4.10. The molecule has 5 rings (SSSR count). The molecule has 8 heteroatoms. The van der Waals surface area contributed by atoms with Crippen LogP contribution in [0.2, 0.25) is 0 Å². The lowest BCUT2D eigenvalue weighted by Gasteiger charge is -2.25. The zero-order valence-electron chi connectivity index (χ0n) is 17.6. The highest BCUT2D eigenvalue weighted by Gasteiger charge is 2.24. The highest BCUT2D eigenvalue weighted by atomic mass is 16.7. The number of nitrogens with zero attached hydrogens (tertiary/aromatic N) is 1. The molecule has 0 aliphatic carbocycles. The van der Waals surface area contributed by atoms with Crippen LogP contribution in [0.25, 0.3) is 10.9 Å². The summed E-state index contributed by atoms with van der Waals surface area (Å²) in [5.74, 6) is 1.26. The van der Waals surface area contributed by atoms with Gasteiger partial charge in [-0.25, -0.2) is 4.79 Å². The van der Waals surface area contributed by atoms with Crippen LogP contribution in [0, 0.1) is 0 Å². The molecule has 1 fully saturated rings. The maximum absolute atomic E-state index is 13.0. The highest BCUT2D eigenvalue weighted by Crippen LogP contribution is 2.35. The first-order chi connectivity index (χ1) is 15.7. The van der Waals surface area contributed by atoms with E-state index in [9.17, 15) is 9.59 Å². The summed E-state index contributed by atoms with van der Waals surface area (Å²) in [7, 11) is 0. The zero-order valence-corrected chi connectivity index (χ0v) is 17.6. The van der Waals surface area contributed by atoms with Crippen molar-refractivity contribution in [3.63, 3.8) is 0 Å². The van der Waals surface area contributed by atoms with Crippen molar-refractivity contribution in [3.8, 4) is 11.5 Å². The number of rotatable bonds is 6. The molecule has 1 aromatic heterocycles. The molecule has 0 saturated carbocycles. The predicted molar refractivity (Wildman–Crippen MR) is 119 cm³/mol. The summed E-state index contributed by atoms with van der Waals surface area (Å²) < 4.78 is 16.6. The van der Waals surface area contributed by atoms with Gasteiger partial charge in [-0.15, -0.1) is 0 Å². The molecule has 2 aromatic carbocycles. The van der Waals surface area contributed by atoms with Gasteiger partial charge in [0, 0.05) is 36.7 Å². The minimum Gasteiger partial charge on any atom is -0.454 e. The Hall–Kier alpha value is -3.52. The van der Waals surface area contributed by atoms with Crippen LogP contribution in [0.4, 0.5) is 4.79 Å². The second-order valence-corrected chi connectivity index (χ2v) is 8.08. The van der Waals surface area contributed by atoms with Crippen molar-refractivity contribution in [1.29, 1.82) is 0 Å². The second kappa shape index (κ2) is 8.92. The molecule has 0 spiro atoms. The van der Waals surface area contributed by atoms with Gasteiger partial charge in [0.05, 0.1) is 18.2 Å². The van der Waals surface area contributed by atoms with Crippen LogP contribution < -0.4 is 20.3 Å². The van der Waals surface area contributed by atoms with Crippen LogP contribution in [0.3, 0.4) is 0 Å². The zero-order chi connectivity index (χ0) is 21.9. The third-order valence-electron chi connectivity index (χ3n) is 5.80. The Kier molecular flexibility index (Phi) is 5.68. The topological polar surface area (TPSA) is 92.9 Å². The first-order valence-corrected chi connectivity index (χ1v) is 10.8. The summed E-state index contributed by atoms with van der Waals surface area (Å²) in [6.07, 6.45) is 1.86. The molecule has 2 aliphatic rings. The van der Waals surface area contributed by atoms with Gasteiger partial charge in [0.1, 0.15) is 0 Å². The number of carbonyl (C=O) groups is 1. The van der Waals surface area contributed by atoms with E-state index in [2.05, 4.69) is 10.3 Å². The minimum atomic E-state index is -0.232. The van der Waals surface area contributed by atoms with E-state index in [1.54, 1.807) is 11.0 Å². The number of benzene rings is 2. The molecule has 2 amide bonds. The summed E-state index contributed by atoms with van der Waals surface area (Å²) in [5.41, 5.74) is 1.95. The fraction of sp³-hybridized carbons (Fsp3) is 0.333. The molecule has 2 aliphatic heterocycles. The highest BCUT2D eigenvalue weighted by molar-refractivity contribution is 5.83. The summed E-state index contributed by atoms with van der Waals surface area (Å²) in [6, 6.07) is 14.9. The molecular weight excluding hydrogens is 410 g/mol. The van der Waals surface area contributed by atoms with Gasteiger partial charge in [-0.1, -0.05) is 30.3 Å². The van der Waals surface area contributed by atoms with Crippen LogP contribution in [-0.2, 0) is 17.8 Å². The number of carbonyl (C=O) groups excluding carboxylic acids is 1. The maximum Gasteiger partial charge on any atom is 0.318 e. The Morgan fingerprint density at radius 1 is 1.12 bits per heavy atom. The van der Waals surface area contributed by atoms with E-state index in [-0.39, 0.29) is 31.0 Å². The lowest BCUT2D eigenvalue weighted by atomic mass is 10.1. The predicted octanol–water partition coefficient (Wildman–Crippen LogP) is 3.15. The third-order valence-corrected chi connectivity index (χ3v) is 5.80. The van der Waals surface area contributed by atoms with Crippen LogP contribution in [0.1, 0.15) is 24.0 Å². The van der Waals surface area contributed by atoms with Gasteiger partial charge >= 0.3 is 6.03 Å². The van der Waals surface area contributed by atoms with E-state index < -0.39 is 0 Å². The molecule has 0 radical (unpaired) electrons. The number of nitrogens with one attached hydrogen (secondary N) is 2. The number of aromatic amines is 1. The number of urea groups is 1. The summed E-state index contributed by atoms with van der Waals surface area (Å²) in [5, 5.41) is 3.79. The van der Waals surface area contributed by atoms with Crippen LogP contribution in [0.15, 0.2) is 53.3 Å². The molecule has 0 unspecified atom stereocenters. The van der Waals surface area contributed by atoms with Crippen molar-refractivity contribution in [1.82, 2.24) is 15.2 Å². The Bertz CT molecular complexity index is 1170. The summed E-state index contributed by atoms with van der Waals surface area (Å²) in [4.78, 5) is 30.4. The van der Waals surface area contributed by atoms with Gasteiger partial charge in [-0.2, -0.15) is 0 Å². The van der Waals surface area contributed by atoms with E-state index >= 15 is 0 Å². The Balaban J connectivity index is 1.37. The first kappa shape index (κ1) is 20.4. The van der Waals surface area contributed by atoms with Gasteiger partial charge in [0.15, 0.2) is 11.5 Å². The van der Waals surface area contributed by atoms with Crippen molar-refractivity contribution in [2.45, 2.75) is 32.0 Å². The van der Waals surface area contributed by atoms with E-state index in [0.29, 0.717) is 42.3 Å². The number of H-pyrrole nitrogens is 1. The van der Waals surface area contributed by atoms with Crippen molar-refractivity contribution in [2.24, 2.45) is 0 Å². The smallest absolute Gasteiger partial charge is 0.318 e. The number of amides is 2. The van der Waals surface area contributed by atoms with Crippen molar-refractivity contribution in [3.05, 3.63) is 70.0 Å². The van der Waals surface area contributed by atoms with E-state index in [0.717, 1.165) is 23.8 Å². The Labute approximate surface area is 185 Å². The van der Waals surface area contributed by atoms with Gasteiger partial charge in [-0.3, -0.25) is 4.79 Å². The van der Waals surface area contributed by atoms with Crippen LogP contribution in [0.5, 0.6) is 11.5 Å². The van der Waals surface area contributed by atoms with E-state index in [1.165, 1.54) is 0 Å². The van der Waals surface area contributed by atoms with Gasteiger partial charge in [0.2, 0.25) is 6.79 Å². The largest absolute Gasteiger partial charge is 0.454 e. The lowest BCUT2D eigenvalue weighted by molar-refractivity contribution is 0.0793. The Morgan fingerprint density at radius 3 is 2.72 bits per heavy atom. The quantitative estimate of drug-likeness (QED) is 0.621. The molecule has 1 saturated heterocycles. The molecule has 2 N–H and O–H groups in total. The average molecular weight is 435 g/mol. The summed E-state index contributed by atoms with van der Waals surface area (Å²) >= 11 is 0. The average Bonchev–Trinajstić information content (AvgIpc) is 3.48. The first-order valence-electron chi connectivity index (χ1n) is 10.8. The molecule has 8 nitrogen and oxygen atoms in total. The number of pyridine rings is 1. The molecule has 3 heterocycles. The fourth-order valence-electron chi connectivity index (χ4n) is 4.10.